The van der Waals surface area contributed by atoms with Gasteiger partial charge in [-0.1, -0.05) is 47.5 Å². The maximum absolute atomic E-state index is 15.0. The first-order valence-electron chi connectivity index (χ1n) is 9.72. The van der Waals surface area contributed by atoms with E-state index in [0.717, 1.165) is 24.0 Å². The van der Waals surface area contributed by atoms with Crippen molar-refractivity contribution in [3.63, 3.8) is 0 Å². The minimum absolute atomic E-state index is 0.0265. The lowest BCUT2D eigenvalue weighted by atomic mass is 9.98. The summed E-state index contributed by atoms with van der Waals surface area (Å²) >= 11 is 12.4. The second-order valence-corrected chi connectivity index (χ2v) is 7.96. The van der Waals surface area contributed by atoms with Crippen LogP contribution < -0.4 is 4.74 Å². The van der Waals surface area contributed by atoms with Gasteiger partial charge in [0.1, 0.15) is 11.4 Å². The molecule has 0 radical (unpaired) electrons. The van der Waals surface area contributed by atoms with Crippen LogP contribution in [-0.4, -0.2) is 16.1 Å². The molecule has 1 aliphatic rings. The van der Waals surface area contributed by atoms with Crippen LogP contribution in [0.3, 0.4) is 0 Å². The van der Waals surface area contributed by atoms with Crippen molar-refractivity contribution >= 4 is 40.3 Å². The number of halogens is 3. The third-order valence-corrected chi connectivity index (χ3v) is 5.72. The Bertz CT molecular complexity index is 1180. The molecule has 158 valence electrons. The zero-order valence-corrected chi connectivity index (χ0v) is 17.8. The Hall–Kier alpha value is -2.89. The molecule has 2 aromatic carbocycles. The molecule has 0 spiro atoms. The Morgan fingerprint density at radius 2 is 1.81 bits per heavy atom. The number of hydrogen-bond donors (Lipinski definition) is 1. The predicted molar refractivity (Wildman–Crippen MR) is 119 cm³/mol. The number of carbonyl (C=O) groups is 1. The zero-order valence-electron chi connectivity index (χ0n) is 16.3. The second kappa shape index (κ2) is 9.08. The Kier molecular flexibility index (Phi) is 6.25. The summed E-state index contributed by atoms with van der Waals surface area (Å²) in [5.74, 6) is -0.755. The third kappa shape index (κ3) is 4.58. The van der Waals surface area contributed by atoms with E-state index < -0.39 is 12.3 Å². The van der Waals surface area contributed by atoms with Gasteiger partial charge in [-0.05, 0) is 66.8 Å². The molecule has 0 fully saturated rings. The van der Waals surface area contributed by atoms with Crippen LogP contribution in [0.1, 0.15) is 52.9 Å². The maximum atomic E-state index is 15.0. The van der Waals surface area contributed by atoms with Crippen LogP contribution >= 0.6 is 23.2 Å². The van der Waals surface area contributed by atoms with E-state index in [0.29, 0.717) is 28.5 Å². The van der Waals surface area contributed by atoms with Gasteiger partial charge in [-0.2, -0.15) is 4.39 Å². The average molecular weight is 458 g/mol. The number of allylic oxidation sites excluding steroid dienone is 2. The highest BCUT2D eigenvalue weighted by atomic mass is 35.5. The van der Waals surface area contributed by atoms with Gasteiger partial charge in [0.05, 0.1) is 10.7 Å². The molecular weight excluding hydrogens is 440 g/mol. The lowest BCUT2D eigenvalue weighted by Crippen LogP contribution is -2.05. The molecule has 0 aliphatic heterocycles. The van der Waals surface area contributed by atoms with E-state index in [1.54, 1.807) is 54.6 Å². The van der Waals surface area contributed by atoms with E-state index in [1.807, 2.05) is 0 Å². The van der Waals surface area contributed by atoms with Crippen molar-refractivity contribution in [3.05, 3.63) is 93.2 Å². The fourth-order valence-electron chi connectivity index (χ4n) is 3.72. The fraction of sp³-hybridized carbons (Fsp3) is 0.167. The van der Waals surface area contributed by atoms with E-state index in [9.17, 15) is 14.3 Å². The third-order valence-electron chi connectivity index (χ3n) is 5.14. The summed E-state index contributed by atoms with van der Waals surface area (Å²) in [6.45, 7) is 0. The first kappa shape index (κ1) is 21.3. The lowest BCUT2D eigenvalue weighted by molar-refractivity contribution is 0.0668. The van der Waals surface area contributed by atoms with Crippen molar-refractivity contribution in [1.29, 1.82) is 0 Å². The number of rotatable bonds is 6. The molecule has 3 aromatic rings. The highest BCUT2D eigenvalue weighted by Crippen LogP contribution is 2.44. The molecule has 4 nitrogen and oxygen atoms in total. The van der Waals surface area contributed by atoms with Crippen molar-refractivity contribution in [2.24, 2.45) is 0 Å². The van der Waals surface area contributed by atoms with Gasteiger partial charge in [0.15, 0.2) is 0 Å². The molecule has 31 heavy (non-hydrogen) atoms. The molecule has 1 atom stereocenters. The Morgan fingerprint density at radius 1 is 1.03 bits per heavy atom. The maximum Gasteiger partial charge on any atom is 0.354 e. The normalized spacial score (nSPS) is 14.5. The summed E-state index contributed by atoms with van der Waals surface area (Å²) in [5, 5.41) is 10.0. The number of pyridine rings is 1. The van der Waals surface area contributed by atoms with Gasteiger partial charge in [0.2, 0.25) is 0 Å². The van der Waals surface area contributed by atoms with Gasteiger partial charge in [-0.25, -0.2) is 9.78 Å². The largest absolute Gasteiger partial charge is 0.477 e. The first-order chi connectivity index (χ1) is 14.9. The molecule has 0 bridgehead atoms. The lowest BCUT2D eigenvalue weighted by Gasteiger charge is -2.18. The summed E-state index contributed by atoms with van der Waals surface area (Å²) in [4.78, 5) is 15.6. The Labute approximate surface area is 188 Å². The van der Waals surface area contributed by atoms with Crippen LogP contribution in [0, 0.1) is 0 Å². The minimum Gasteiger partial charge on any atom is -0.477 e. The molecule has 0 saturated heterocycles. The van der Waals surface area contributed by atoms with E-state index in [-0.39, 0.29) is 16.3 Å². The van der Waals surface area contributed by atoms with Gasteiger partial charge in [-0.15, -0.1) is 0 Å². The first-order valence-corrected chi connectivity index (χ1v) is 10.5. The topological polar surface area (TPSA) is 59.4 Å². The van der Waals surface area contributed by atoms with E-state index >= 15 is 0 Å². The van der Waals surface area contributed by atoms with Crippen LogP contribution in [0.25, 0.3) is 11.1 Å². The fourth-order valence-corrected chi connectivity index (χ4v) is 4.11. The van der Waals surface area contributed by atoms with Gasteiger partial charge in [0.25, 0.3) is 6.36 Å². The van der Waals surface area contributed by atoms with E-state index in [4.69, 9.17) is 27.9 Å². The van der Waals surface area contributed by atoms with Crippen molar-refractivity contribution in [2.75, 3.05) is 0 Å². The molecular formula is C24H18Cl2FNO3. The number of carboxylic acid groups (broad SMARTS) is 1. The summed E-state index contributed by atoms with van der Waals surface area (Å²) in [6, 6.07) is 16.5. The van der Waals surface area contributed by atoms with Crippen LogP contribution in [0.15, 0.2) is 60.7 Å². The highest BCUT2D eigenvalue weighted by Gasteiger charge is 2.24. The van der Waals surface area contributed by atoms with Gasteiger partial charge < -0.3 is 9.84 Å². The number of carboxylic acids is 1. The highest BCUT2D eigenvalue weighted by molar-refractivity contribution is 6.31. The van der Waals surface area contributed by atoms with Crippen LogP contribution in [0.5, 0.6) is 5.75 Å². The molecule has 0 saturated carbocycles. The quantitative estimate of drug-likeness (QED) is 0.424. The smallest absolute Gasteiger partial charge is 0.354 e. The molecule has 4 rings (SSSR count). The van der Waals surface area contributed by atoms with Gasteiger partial charge >= 0.3 is 5.97 Å². The van der Waals surface area contributed by atoms with Crippen LogP contribution in [-0.2, 0) is 0 Å². The predicted octanol–water partition coefficient (Wildman–Crippen LogP) is 7.23. The second-order valence-electron chi connectivity index (χ2n) is 7.12. The summed E-state index contributed by atoms with van der Waals surface area (Å²) in [6.07, 6.45) is 0.543. The standard InChI is InChI=1S/C24H18Cl2FNO3/c25-14-11-12-22(31-23(27)17-5-1-2-8-19(17)26)18(13-14)15-6-3-7-16(15)20-9-4-10-21(28-20)24(29)30/h1-2,4-5,8-13,23H,3,6-7H2,(H,29,30). The van der Waals surface area contributed by atoms with Crippen molar-refractivity contribution in [2.45, 2.75) is 25.6 Å². The number of benzene rings is 2. The molecule has 7 heteroatoms. The van der Waals surface area contributed by atoms with Crippen molar-refractivity contribution < 1.29 is 19.0 Å². The summed E-state index contributed by atoms with van der Waals surface area (Å²) < 4.78 is 20.6. The molecule has 1 heterocycles. The SMILES string of the molecule is O=C(O)c1cccc(C2=C(c3cc(Cl)ccc3OC(F)c3ccccc3Cl)CCC2)n1. The summed E-state index contributed by atoms with van der Waals surface area (Å²) in [5.41, 5.74) is 3.28. The van der Waals surface area contributed by atoms with Crippen molar-refractivity contribution in [3.8, 4) is 5.75 Å². The van der Waals surface area contributed by atoms with Crippen LogP contribution in [0.2, 0.25) is 10.0 Å². The van der Waals surface area contributed by atoms with Crippen LogP contribution in [0.4, 0.5) is 4.39 Å². The number of hydrogen-bond acceptors (Lipinski definition) is 3. The number of alkyl halides is 1. The molecule has 1 aliphatic carbocycles. The van der Waals surface area contributed by atoms with Crippen molar-refractivity contribution in [1.82, 2.24) is 4.98 Å². The minimum atomic E-state index is -1.76. The zero-order chi connectivity index (χ0) is 22.0. The molecule has 0 amide bonds. The average Bonchev–Trinajstić information content (AvgIpc) is 3.25. The van der Waals surface area contributed by atoms with E-state index in [2.05, 4.69) is 4.98 Å². The molecule has 1 unspecified atom stereocenters. The number of aromatic nitrogens is 1. The van der Waals surface area contributed by atoms with Gasteiger partial charge in [-0.3, -0.25) is 0 Å². The molecule has 1 N–H and O–H groups in total. The van der Waals surface area contributed by atoms with Gasteiger partial charge in [0, 0.05) is 16.1 Å². The monoisotopic (exact) mass is 457 g/mol. The molecule has 1 aromatic heterocycles. The number of aromatic carboxylic acids is 1. The Balaban J connectivity index is 1.76. The number of ether oxygens (including phenoxy) is 1. The van der Waals surface area contributed by atoms with E-state index in [1.165, 1.54) is 6.07 Å². The number of nitrogens with zero attached hydrogens (tertiary/aromatic N) is 1. The summed E-state index contributed by atoms with van der Waals surface area (Å²) in [7, 11) is 0. The Morgan fingerprint density at radius 3 is 2.58 bits per heavy atom.